The molecule has 0 bridgehead atoms. The molecule has 8 heteroatoms. The molecule has 0 radical (unpaired) electrons. The summed E-state index contributed by atoms with van der Waals surface area (Å²) >= 11 is 0. The Morgan fingerprint density at radius 1 is 0.969 bits per heavy atom. The smallest absolute Gasteiger partial charge is 0.269 e. The maximum Gasteiger partial charge on any atom is 0.269 e. The lowest BCUT2D eigenvalue weighted by Gasteiger charge is -2.31. The van der Waals surface area contributed by atoms with Gasteiger partial charge in [0.15, 0.2) is 9.84 Å². The first-order chi connectivity index (χ1) is 15.3. The zero-order valence-electron chi connectivity index (χ0n) is 17.0. The quantitative estimate of drug-likeness (QED) is 0.327. The van der Waals surface area contributed by atoms with Crippen LogP contribution in [0.3, 0.4) is 0 Å². The highest BCUT2D eigenvalue weighted by Crippen LogP contribution is 2.49. The van der Waals surface area contributed by atoms with Crippen molar-refractivity contribution in [2.75, 3.05) is 6.26 Å². The van der Waals surface area contributed by atoms with Crippen LogP contribution in [0.2, 0.25) is 0 Å². The molecule has 0 fully saturated rings. The molecule has 2 heterocycles. The fourth-order valence-corrected chi connectivity index (χ4v) is 5.34. The average molecular weight is 446 g/mol. The Hall–Kier alpha value is -3.91. The van der Waals surface area contributed by atoms with Gasteiger partial charge in [0, 0.05) is 41.7 Å². The second-order valence-corrected chi connectivity index (χ2v) is 9.61. The molecule has 0 aliphatic carbocycles. The molecule has 1 aromatic heterocycles. The number of nitro benzene ring substituents is 1. The van der Waals surface area contributed by atoms with Crippen LogP contribution in [-0.2, 0) is 9.84 Å². The summed E-state index contributed by atoms with van der Waals surface area (Å²) < 4.78 is 34.1. The molecule has 0 N–H and O–H groups in total. The normalized spacial score (nSPS) is 16.0. The summed E-state index contributed by atoms with van der Waals surface area (Å²) in [6, 6.07) is 21.0. The van der Waals surface area contributed by atoms with Gasteiger partial charge < -0.3 is 4.74 Å². The van der Waals surface area contributed by atoms with Crippen LogP contribution in [-0.4, -0.2) is 24.2 Å². The Balaban J connectivity index is 1.89. The first-order valence-corrected chi connectivity index (χ1v) is 11.7. The lowest BCUT2D eigenvalue weighted by Crippen LogP contribution is -2.24. The maximum absolute atomic E-state index is 13.1. The molecule has 1 atom stereocenters. The molecule has 0 amide bonds. The Kier molecular flexibility index (Phi) is 4.60. The largest absolute Gasteiger partial charge is 0.438 e. The lowest BCUT2D eigenvalue weighted by molar-refractivity contribution is -0.384. The van der Waals surface area contributed by atoms with E-state index in [2.05, 4.69) is 0 Å². The van der Waals surface area contributed by atoms with Crippen LogP contribution in [0.5, 0.6) is 5.75 Å². The molecule has 3 aromatic carbocycles. The van der Waals surface area contributed by atoms with E-state index in [1.54, 1.807) is 41.2 Å². The van der Waals surface area contributed by atoms with Crippen molar-refractivity contribution in [3.8, 4) is 5.75 Å². The molecular formula is C24H18N2O5S. The van der Waals surface area contributed by atoms with Crippen LogP contribution in [0, 0.1) is 10.1 Å². The van der Waals surface area contributed by atoms with Crippen LogP contribution in [0.4, 0.5) is 5.69 Å². The number of nitro groups is 1. The number of benzene rings is 3. The van der Waals surface area contributed by atoms with Crippen LogP contribution in [0.15, 0.2) is 90.1 Å². The van der Waals surface area contributed by atoms with E-state index in [-0.39, 0.29) is 16.5 Å². The van der Waals surface area contributed by atoms with Gasteiger partial charge in [-0.15, -0.1) is 0 Å². The third kappa shape index (κ3) is 3.25. The van der Waals surface area contributed by atoms with Gasteiger partial charge in [0.05, 0.1) is 10.8 Å². The lowest BCUT2D eigenvalue weighted by atomic mass is 9.87. The fourth-order valence-electron chi connectivity index (χ4n) is 4.18. The third-order valence-corrected chi connectivity index (χ3v) is 6.75. The topological polar surface area (TPSA) is 91.4 Å². The van der Waals surface area contributed by atoms with Gasteiger partial charge >= 0.3 is 0 Å². The molecule has 160 valence electrons. The molecule has 7 nitrogen and oxygen atoms in total. The average Bonchev–Trinajstić information content (AvgIpc) is 3.32. The van der Waals surface area contributed by atoms with E-state index in [1.165, 1.54) is 12.1 Å². The van der Waals surface area contributed by atoms with E-state index in [4.69, 9.17) is 4.74 Å². The van der Waals surface area contributed by atoms with Gasteiger partial charge in [-0.3, -0.25) is 14.7 Å². The van der Waals surface area contributed by atoms with E-state index in [0.717, 1.165) is 17.0 Å². The molecule has 4 aromatic rings. The van der Waals surface area contributed by atoms with Gasteiger partial charge in [-0.2, -0.15) is 0 Å². The highest BCUT2D eigenvalue weighted by Gasteiger charge is 2.38. The third-order valence-electron chi connectivity index (χ3n) is 5.55. The van der Waals surface area contributed by atoms with Crippen molar-refractivity contribution in [3.63, 3.8) is 0 Å². The van der Waals surface area contributed by atoms with Crippen molar-refractivity contribution in [3.05, 3.63) is 111 Å². The monoisotopic (exact) mass is 446 g/mol. The van der Waals surface area contributed by atoms with Crippen LogP contribution < -0.4 is 4.74 Å². The summed E-state index contributed by atoms with van der Waals surface area (Å²) in [6.07, 6.45) is 4.55. The number of hydrogen-bond donors (Lipinski definition) is 0. The number of nitrogens with zero attached hydrogens (tertiary/aromatic N) is 2. The van der Waals surface area contributed by atoms with E-state index < -0.39 is 20.7 Å². The van der Waals surface area contributed by atoms with Crippen molar-refractivity contribution >= 4 is 32.2 Å². The summed E-state index contributed by atoms with van der Waals surface area (Å²) in [4.78, 5) is 11.0. The first kappa shape index (κ1) is 20.0. The summed E-state index contributed by atoms with van der Waals surface area (Å²) in [5, 5.41) is 13.2. The summed E-state index contributed by atoms with van der Waals surface area (Å²) in [5.41, 5.74) is 1.04. The van der Waals surface area contributed by atoms with Gasteiger partial charge in [0.2, 0.25) is 5.88 Å². The van der Waals surface area contributed by atoms with Crippen molar-refractivity contribution < 1.29 is 18.1 Å². The van der Waals surface area contributed by atoms with Crippen molar-refractivity contribution in [2.24, 2.45) is 0 Å². The Bertz CT molecular complexity index is 1500. The van der Waals surface area contributed by atoms with Gasteiger partial charge in [-0.05, 0) is 23.1 Å². The first-order valence-electron chi connectivity index (χ1n) is 9.86. The highest BCUT2D eigenvalue weighted by atomic mass is 32.2. The SMILES string of the molecule is CS(=O)(=O)C1=C(n2cccc2)Oc2c(ccc3ccccc23)C1c1cccc([N+](=O)[O-])c1. The number of rotatable bonds is 4. The molecule has 1 unspecified atom stereocenters. The minimum Gasteiger partial charge on any atom is -0.438 e. The molecule has 0 saturated heterocycles. The van der Waals surface area contributed by atoms with Gasteiger partial charge in [0.25, 0.3) is 5.69 Å². The fraction of sp³-hybridized carbons (Fsp3) is 0.0833. The molecule has 1 aliphatic heterocycles. The predicted octanol–water partition coefficient (Wildman–Crippen LogP) is 4.94. The van der Waals surface area contributed by atoms with Crippen LogP contribution >= 0.6 is 0 Å². The number of fused-ring (bicyclic) bond motifs is 3. The molecule has 0 spiro atoms. The van der Waals surface area contributed by atoms with Crippen LogP contribution in [0.1, 0.15) is 17.0 Å². The number of sulfone groups is 1. The second kappa shape index (κ2) is 7.35. The van der Waals surface area contributed by atoms with E-state index in [9.17, 15) is 18.5 Å². The second-order valence-electron chi connectivity index (χ2n) is 7.62. The van der Waals surface area contributed by atoms with E-state index in [1.807, 2.05) is 36.4 Å². The van der Waals surface area contributed by atoms with Crippen LogP contribution in [0.25, 0.3) is 16.7 Å². The molecule has 32 heavy (non-hydrogen) atoms. The van der Waals surface area contributed by atoms with E-state index in [0.29, 0.717) is 16.9 Å². The molecule has 5 rings (SSSR count). The number of hydrogen-bond acceptors (Lipinski definition) is 5. The van der Waals surface area contributed by atoms with Crippen molar-refractivity contribution in [1.29, 1.82) is 0 Å². The highest BCUT2D eigenvalue weighted by molar-refractivity contribution is 7.94. The summed E-state index contributed by atoms with van der Waals surface area (Å²) in [7, 11) is -3.76. The van der Waals surface area contributed by atoms with Gasteiger partial charge in [-0.1, -0.05) is 48.5 Å². The minimum atomic E-state index is -3.76. The Morgan fingerprint density at radius 3 is 2.44 bits per heavy atom. The number of allylic oxidation sites excluding steroid dienone is 1. The zero-order chi connectivity index (χ0) is 22.5. The molecular weight excluding hydrogens is 428 g/mol. The summed E-state index contributed by atoms with van der Waals surface area (Å²) in [5.74, 6) is -0.0655. The molecule has 1 aliphatic rings. The number of ether oxygens (including phenoxy) is 1. The Morgan fingerprint density at radius 2 is 1.72 bits per heavy atom. The van der Waals surface area contributed by atoms with Crippen molar-refractivity contribution in [2.45, 2.75) is 5.92 Å². The predicted molar refractivity (Wildman–Crippen MR) is 122 cm³/mol. The maximum atomic E-state index is 13.1. The van der Waals surface area contributed by atoms with E-state index >= 15 is 0 Å². The Labute approximate surface area is 184 Å². The number of aromatic nitrogens is 1. The van der Waals surface area contributed by atoms with Gasteiger partial charge in [0.1, 0.15) is 10.7 Å². The minimum absolute atomic E-state index is 0.0528. The zero-order valence-corrected chi connectivity index (χ0v) is 17.8. The summed E-state index contributed by atoms with van der Waals surface area (Å²) in [6.45, 7) is 0. The van der Waals surface area contributed by atoms with Crippen molar-refractivity contribution in [1.82, 2.24) is 4.57 Å². The molecule has 0 saturated carbocycles. The van der Waals surface area contributed by atoms with Gasteiger partial charge in [-0.25, -0.2) is 8.42 Å². The number of non-ortho nitro benzene ring substituents is 1. The standard InChI is InChI=1S/C24H18N2O5S/c1-32(29,30)23-21(17-8-6-9-18(15-17)26(27)28)20-12-11-16-7-2-3-10-19(16)22(20)31-24(23)25-13-4-5-14-25/h2-15,21H,1H3.